The highest BCUT2D eigenvalue weighted by Crippen LogP contribution is 2.21. The number of hydrogen-bond acceptors (Lipinski definition) is 3. The number of nitrogens with zero attached hydrogens (tertiary/aromatic N) is 1. The molecular weight excluding hydrogens is 222 g/mol. The van der Waals surface area contributed by atoms with E-state index in [9.17, 15) is 8.42 Å². The zero-order chi connectivity index (χ0) is 10.9. The van der Waals surface area contributed by atoms with Crippen LogP contribution in [0, 0.1) is 25.2 Å². The van der Waals surface area contributed by atoms with Gasteiger partial charge >= 0.3 is 0 Å². The van der Waals surface area contributed by atoms with Gasteiger partial charge in [-0.2, -0.15) is 5.26 Å². The molecule has 0 aromatic heterocycles. The molecule has 0 aliphatic carbocycles. The first-order chi connectivity index (χ1) is 6.36. The third-order valence-corrected chi connectivity index (χ3v) is 3.38. The number of rotatable bonds is 1. The monoisotopic (exact) mass is 229 g/mol. The molecule has 0 bridgehead atoms. The lowest BCUT2D eigenvalue weighted by Gasteiger charge is -2.04. The van der Waals surface area contributed by atoms with Crippen LogP contribution < -0.4 is 0 Å². The summed E-state index contributed by atoms with van der Waals surface area (Å²) in [5, 5.41) is 8.75. The summed E-state index contributed by atoms with van der Waals surface area (Å²) in [6.07, 6.45) is 0. The van der Waals surface area contributed by atoms with Gasteiger partial charge in [-0.3, -0.25) is 0 Å². The van der Waals surface area contributed by atoms with Crippen LogP contribution >= 0.6 is 10.7 Å². The van der Waals surface area contributed by atoms with Crippen molar-refractivity contribution >= 4 is 19.7 Å². The number of nitriles is 1. The van der Waals surface area contributed by atoms with Crippen LogP contribution in [0.3, 0.4) is 0 Å². The molecule has 1 aromatic carbocycles. The fourth-order valence-corrected chi connectivity index (χ4v) is 1.93. The fourth-order valence-electron chi connectivity index (χ4n) is 1.08. The Labute approximate surface area is 87.4 Å². The maximum absolute atomic E-state index is 11.0. The van der Waals surface area contributed by atoms with Crippen LogP contribution in [-0.2, 0) is 9.05 Å². The molecule has 5 heteroatoms. The first kappa shape index (κ1) is 11.0. The van der Waals surface area contributed by atoms with Gasteiger partial charge in [-0.15, -0.1) is 0 Å². The molecule has 0 saturated carbocycles. The Kier molecular flexibility index (Phi) is 2.84. The highest BCUT2D eigenvalue weighted by Gasteiger charge is 2.13. The molecule has 14 heavy (non-hydrogen) atoms. The Balaban J connectivity index is 3.56. The van der Waals surface area contributed by atoms with E-state index in [2.05, 4.69) is 0 Å². The lowest BCUT2D eigenvalue weighted by Crippen LogP contribution is -1.96. The predicted molar refractivity (Wildman–Crippen MR) is 53.7 cm³/mol. The SMILES string of the molecule is Cc1cc(S(=O)(=O)Cl)cc(C#N)c1C. The molecule has 0 radical (unpaired) electrons. The second-order valence-corrected chi connectivity index (χ2v) is 5.53. The van der Waals surface area contributed by atoms with E-state index in [0.29, 0.717) is 5.56 Å². The van der Waals surface area contributed by atoms with Crippen LogP contribution in [0.4, 0.5) is 0 Å². The van der Waals surface area contributed by atoms with Crippen molar-refractivity contribution in [3.63, 3.8) is 0 Å². The van der Waals surface area contributed by atoms with E-state index in [-0.39, 0.29) is 4.90 Å². The van der Waals surface area contributed by atoms with Gasteiger partial charge in [-0.05, 0) is 37.1 Å². The molecule has 0 fully saturated rings. The average molecular weight is 230 g/mol. The molecule has 0 spiro atoms. The molecular formula is C9H8ClNO2S. The number of halogens is 1. The average Bonchev–Trinajstić information content (AvgIpc) is 2.07. The van der Waals surface area contributed by atoms with Crippen LogP contribution in [0.15, 0.2) is 17.0 Å². The lowest BCUT2D eigenvalue weighted by molar-refractivity contribution is 0.609. The van der Waals surface area contributed by atoms with E-state index < -0.39 is 9.05 Å². The second-order valence-electron chi connectivity index (χ2n) is 2.96. The maximum Gasteiger partial charge on any atom is 0.261 e. The third kappa shape index (κ3) is 2.06. The Morgan fingerprint density at radius 2 is 1.93 bits per heavy atom. The Morgan fingerprint density at radius 1 is 1.36 bits per heavy atom. The summed E-state index contributed by atoms with van der Waals surface area (Å²) in [5.41, 5.74) is 1.85. The molecule has 1 rings (SSSR count). The van der Waals surface area contributed by atoms with Crippen molar-refractivity contribution in [2.75, 3.05) is 0 Å². The van der Waals surface area contributed by atoms with Gasteiger partial charge in [0.25, 0.3) is 9.05 Å². The third-order valence-electron chi connectivity index (χ3n) is 2.04. The van der Waals surface area contributed by atoms with Crippen molar-refractivity contribution in [3.8, 4) is 6.07 Å². The summed E-state index contributed by atoms with van der Waals surface area (Å²) in [6, 6.07) is 4.66. The van der Waals surface area contributed by atoms with Gasteiger partial charge in [0.15, 0.2) is 0 Å². The first-order valence-corrected chi connectivity index (χ1v) is 6.13. The number of aryl methyl sites for hydroxylation is 1. The van der Waals surface area contributed by atoms with Crippen LogP contribution in [0.1, 0.15) is 16.7 Å². The topological polar surface area (TPSA) is 57.9 Å². The van der Waals surface area contributed by atoms with Crippen molar-refractivity contribution in [2.24, 2.45) is 0 Å². The van der Waals surface area contributed by atoms with E-state index in [1.165, 1.54) is 12.1 Å². The molecule has 3 nitrogen and oxygen atoms in total. The normalized spacial score (nSPS) is 11.0. The Hall–Kier alpha value is -1.05. The summed E-state index contributed by atoms with van der Waals surface area (Å²) in [6.45, 7) is 3.50. The van der Waals surface area contributed by atoms with E-state index in [4.69, 9.17) is 15.9 Å². The second kappa shape index (κ2) is 3.60. The molecule has 0 aliphatic heterocycles. The number of benzene rings is 1. The quantitative estimate of drug-likeness (QED) is 0.693. The predicted octanol–water partition coefficient (Wildman–Crippen LogP) is 2.10. The molecule has 0 aliphatic rings. The molecule has 0 amide bonds. The van der Waals surface area contributed by atoms with Crippen molar-refractivity contribution in [2.45, 2.75) is 18.7 Å². The summed E-state index contributed by atoms with van der Waals surface area (Å²) >= 11 is 0. The standard InChI is InChI=1S/C9H8ClNO2S/c1-6-3-9(14(10,12)13)4-8(5-11)7(6)2/h3-4H,1-2H3. The molecule has 0 heterocycles. The minimum atomic E-state index is -3.75. The molecule has 0 saturated heterocycles. The Bertz CT molecular complexity index is 514. The lowest BCUT2D eigenvalue weighted by atomic mass is 10.0. The molecule has 74 valence electrons. The van der Waals surface area contributed by atoms with Crippen molar-refractivity contribution in [1.29, 1.82) is 5.26 Å². The highest BCUT2D eigenvalue weighted by molar-refractivity contribution is 8.13. The minimum absolute atomic E-state index is 0.0289. The van der Waals surface area contributed by atoms with E-state index in [1.807, 2.05) is 6.07 Å². The largest absolute Gasteiger partial charge is 0.261 e. The van der Waals surface area contributed by atoms with Gasteiger partial charge < -0.3 is 0 Å². The maximum atomic E-state index is 11.0. The van der Waals surface area contributed by atoms with Crippen molar-refractivity contribution in [3.05, 3.63) is 28.8 Å². The molecule has 0 unspecified atom stereocenters. The number of hydrogen-bond donors (Lipinski definition) is 0. The van der Waals surface area contributed by atoms with Crippen LogP contribution in [0.25, 0.3) is 0 Å². The Morgan fingerprint density at radius 3 is 2.36 bits per heavy atom. The van der Waals surface area contributed by atoms with E-state index >= 15 is 0 Å². The van der Waals surface area contributed by atoms with Crippen LogP contribution in [0.2, 0.25) is 0 Å². The van der Waals surface area contributed by atoms with Gasteiger partial charge in [0.2, 0.25) is 0 Å². The van der Waals surface area contributed by atoms with E-state index in [0.717, 1.165) is 11.1 Å². The smallest absolute Gasteiger partial charge is 0.207 e. The van der Waals surface area contributed by atoms with Crippen molar-refractivity contribution < 1.29 is 8.42 Å². The zero-order valence-corrected chi connectivity index (χ0v) is 9.28. The zero-order valence-electron chi connectivity index (χ0n) is 7.70. The van der Waals surface area contributed by atoms with Gasteiger partial charge in [0.1, 0.15) is 0 Å². The fraction of sp³-hybridized carbons (Fsp3) is 0.222. The summed E-state index contributed by atoms with van der Waals surface area (Å²) in [7, 11) is 1.42. The van der Waals surface area contributed by atoms with Gasteiger partial charge in [0, 0.05) is 10.7 Å². The highest BCUT2D eigenvalue weighted by atomic mass is 35.7. The molecule has 0 atom stereocenters. The molecule has 1 aromatic rings. The van der Waals surface area contributed by atoms with Gasteiger partial charge in [-0.25, -0.2) is 8.42 Å². The van der Waals surface area contributed by atoms with Gasteiger partial charge in [-0.1, -0.05) is 0 Å². The first-order valence-electron chi connectivity index (χ1n) is 3.82. The van der Waals surface area contributed by atoms with Gasteiger partial charge in [0.05, 0.1) is 16.5 Å². The minimum Gasteiger partial charge on any atom is -0.207 e. The molecule has 0 N–H and O–H groups in total. The summed E-state index contributed by atoms with van der Waals surface area (Å²) in [5.74, 6) is 0. The van der Waals surface area contributed by atoms with Crippen molar-refractivity contribution in [1.82, 2.24) is 0 Å². The van der Waals surface area contributed by atoms with E-state index in [1.54, 1.807) is 13.8 Å². The summed E-state index contributed by atoms with van der Waals surface area (Å²) in [4.78, 5) is -0.0289. The van der Waals surface area contributed by atoms with Crippen LogP contribution in [-0.4, -0.2) is 8.42 Å². The summed E-state index contributed by atoms with van der Waals surface area (Å²) < 4.78 is 22.0. The van der Waals surface area contributed by atoms with Crippen LogP contribution in [0.5, 0.6) is 0 Å².